The molecule has 0 aliphatic carbocycles. The van der Waals surface area contributed by atoms with Gasteiger partial charge in [-0.3, -0.25) is 4.79 Å². The largest absolute Gasteiger partial charge is 0.481 e. The van der Waals surface area contributed by atoms with Crippen molar-refractivity contribution in [3.8, 4) is 10.7 Å². The normalized spacial score (nSPS) is 11.8. The van der Waals surface area contributed by atoms with Crippen LogP contribution < -0.4 is 0 Å². The van der Waals surface area contributed by atoms with E-state index in [9.17, 15) is 4.79 Å². The maximum Gasteiger partial charge on any atom is 0.313 e. The number of aromatic nitrogens is 3. The monoisotopic (exact) mass is 325 g/mol. The average Bonchev–Trinajstić information content (AvgIpc) is 3.01. The average molecular weight is 325 g/mol. The predicted octanol–water partition coefficient (Wildman–Crippen LogP) is 3.62. The van der Waals surface area contributed by atoms with Crippen LogP contribution in [0.25, 0.3) is 10.7 Å². The van der Waals surface area contributed by atoms with Crippen LogP contribution in [0.15, 0.2) is 22.7 Å². The van der Waals surface area contributed by atoms with E-state index < -0.39 is 5.97 Å². The van der Waals surface area contributed by atoms with Gasteiger partial charge in [0, 0.05) is 6.54 Å². The number of rotatable bonds is 6. The topological polar surface area (TPSA) is 68.0 Å². The smallest absolute Gasteiger partial charge is 0.313 e. The fourth-order valence-electron chi connectivity index (χ4n) is 1.76. The fourth-order valence-corrected chi connectivity index (χ4v) is 3.16. The maximum absolute atomic E-state index is 10.8. The van der Waals surface area contributed by atoms with Gasteiger partial charge in [0.15, 0.2) is 11.0 Å². The molecule has 0 radical (unpaired) electrons. The summed E-state index contributed by atoms with van der Waals surface area (Å²) in [5, 5.41) is 19.9. The molecule has 0 saturated heterocycles. The van der Waals surface area contributed by atoms with Gasteiger partial charge in [-0.05, 0) is 23.3 Å². The number of carbonyl (C=O) groups is 1. The second kappa shape index (κ2) is 6.62. The van der Waals surface area contributed by atoms with Gasteiger partial charge >= 0.3 is 5.97 Å². The summed E-state index contributed by atoms with van der Waals surface area (Å²) in [5.41, 5.74) is 0.200. The van der Waals surface area contributed by atoms with E-state index in [4.69, 9.17) is 5.11 Å². The third-order valence-corrected chi connectivity index (χ3v) is 4.69. The fraction of sp³-hybridized carbons (Fsp3) is 0.500. The molecule has 0 bridgehead atoms. The summed E-state index contributed by atoms with van der Waals surface area (Å²) in [7, 11) is 0. The Bertz CT molecular complexity index is 600. The number of nitrogens with zero attached hydrogens (tertiary/aromatic N) is 3. The molecule has 0 amide bonds. The molecule has 0 saturated carbocycles. The molecule has 7 heteroatoms. The highest BCUT2D eigenvalue weighted by atomic mass is 32.2. The van der Waals surface area contributed by atoms with Crippen LogP contribution in [0.5, 0.6) is 0 Å². The Morgan fingerprint density at radius 2 is 2.19 bits per heavy atom. The summed E-state index contributed by atoms with van der Waals surface area (Å²) < 4.78 is 2.03. The molecule has 0 atom stereocenters. The molecule has 114 valence electrons. The van der Waals surface area contributed by atoms with Crippen molar-refractivity contribution < 1.29 is 9.90 Å². The van der Waals surface area contributed by atoms with Crippen LogP contribution in [0.4, 0.5) is 0 Å². The molecular formula is C14H19N3O2S2. The second-order valence-corrected chi connectivity index (χ2v) is 7.82. The first-order chi connectivity index (χ1) is 9.87. The summed E-state index contributed by atoms with van der Waals surface area (Å²) in [6.45, 7) is 7.34. The number of thioether (sulfide) groups is 1. The summed E-state index contributed by atoms with van der Waals surface area (Å²) in [6, 6.07) is 3.99. The molecule has 0 spiro atoms. The first-order valence-electron chi connectivity index (χ1n) is 6.68. The molecule has 5 nitrogen and oxygen atoms in total. The van der Waals surface area contributed by atoms with Crippen LogP contribution in [-0.2, 0) is 11.3 Å². The third kappa shape index (κ3) is 4.57. The van der Waals surface area contributed by atoms with Crippen LogP contribution >= 0.6 is 23.1 Å². The Balaban J connectivity index is 2.26. The summed E-state index contributed by atoms with van der Waals surface area (Å²) in [4.78, 5) is 11.8. The molecule has 2 rings (SSSR count). The van der Waals surface area contributed by atoms with E-state index in [1.807, 2.05) is 22.1 Å². The van der Waals surface area contributed by atoms with Gasteiger partial charge in [-0.2, -0.15) is 0 Å². The lowest BCUT2D eigenvalue weighted by molar-refractivity contribution is -0.133. The zero-order valence-electron chi connectivity index (χ0n) is 12.4. The predicted molar refractivity (Wildman–Crippen MR) is 85.8 cm³/mol. The second-order valence-electron chi connectivity index (χ2n) is 5.93. The van der Waals surface area contributed by atoms with Crippen LogP contribution in [-0.4, -0.2) is 31.6 Å². The number of aliphatic carboxylic acids is 1. The number of hydrogen-bond donors (Lipinski definition) is 1. The van der Waals surface area contributed by atoms with Crippen molar-refractivity contribution in [2.45, 2.75) is 38.9 Å². The van der Waals surface area contributed by atoms with Gasteiger partial charge in [0.1, 0.15) is 0 Å². The van der Waals surface area contributed by atoms with Gasteiger partial charge in [0.25, 0.3) is 0 Å². The lowest BCUT2D eigenvalue weighted by Gasteiger charge is -2.19. The molecule has 2 heterocycles. The molecule has 0 fully saturated rings. The van der Waals surface area contributed by atoms with Crippen LogP contribution in [0, 0.1) is 5.41 Å². The Morgan fingerprint density at radius 3 is 2.76 bits per heavy atom. The highest BCUT2D eigenvalue weighted by Gasteiger charge is 2.18. The van der Waals surface area contributed by atoms with Crippen molar-refractivity contribution in [3.05, 3.63) is 17.5 Å². The van der Waals surface area contributed by atoms with Crippen LogP contribution in [0.2, 0.25) is 0 Å². The molecule has 0 unspecified atom stereocenters. The van der Waals surface area contributed by atoms with Gasteiger partial charge in [-0.25, -0.2) is 0 Å². The van der Waals surface area contributed by atoms with Gasteiger partial charge in [-0.15, -0.1) is 21.5 Å². The van der Waals surface area contributed by atoms with E-state index in [0.717, 1.165) is 23.7 Å². The van der Waals surface area contributed by atoms with E-state index in [2.05, 4.69) is 31.0 Å². The summed E-state index contributed by atoms with van der Waals surface area (Å²) in [6.07, 6.45) is 0.976. The van der Waals surface area contributed by atoms with Crippen molar-refractivity contribution in [1.29, 1.82) is 0 Å². The first kappa shape index (κ1) is 16.0. The lowest BCUT2D eigenvalue weighted by Crippen LogP contribution is -2.12. The Kier molecular flexibility index (Phi) is 5.05. The Hall–Kier alpha value is -1.34. The first-order valence-corrected chi connectivity index (χ1v) is 8.55. The van der Waals surface area contributed by atoms with Crippen LogP contribution in [0.1, 0.15) is 27.2 Å². The van der Waals surface area contributed by atoms with Crippen molar-refractivity contribution >= 4 is 29.1 Å². The number of carboxylic acids is 1. The van der Waals surface area contributed by atoms with E-state index >= 15 is 0 Å². The minimum Gasteiger partial charge on any atom is -0.481 e. The summed E-state index contributed by atoms with van der Waals surface area (Å²) in [5.74, 6) is -0.0249. The van der Waals surface area contributed by atoms with Gasteiger partial charge in [-0.1, -0.05) is 38.6 Å². The minimum atomic E-state index is -0.844. The molecule has 2 aromatic rings. The van der Waals surface area contributed by atoms with E-state index in [-0.39, 0.29) is 11.2 Å². The number of carboxylic acid groups (broad SMARTS) is 1. The molecule has 0 aliphatic rings. The van der Waals surface area contributed by atoms with Crippen molar-refractivity contribution in [1.82, 2.24) is 14.8 Å². The Labute approximate surface area is 132 Å². The molecular weight excluding hydrogens is 306 g/mol. The van der Waals surface area contributed by atoms with Crippen LogP contribution in [0.3, 0.4) is 0 Å². The Morgan fingerprint density at radius 1 is 1.43 bits per heavy atom. The van der Waals surface area contributed by atoms with Crippen molar-refractivity contribution in [3.63, 3.8) is 0 Å². The van der Waals surface area contributed by atoms with Crippen molar-refractivity contribution in [2.24, 2.45) is 5.41 Å². The number of hydrogen-bond acceptors (Lipinski definition) is 5. The zero-order chi connectivity index (χ0) is 15.5. The summed E-state index contributed by atoms with van der Waals surface area (Å²) >= 11 is 2.83. The zero-order valence-corrected chi connectivity index (χ0v) is 14.0. The van der Waals surface area contributed by atoms with Crippen molar-refractivity contribution in [2.75, 3.05) is 5.75 Å². The maximum atomic E-state index is 10.8. The minimum absolute atomic E-state index is 0.00189. The van der Waals surface area contributed by atoms with Gasteiger partial charge in [0.05, 0.1) is 10.6 Å². The quantitative estimate of drug-likeness (QED) is 0.822. The standard InChI is InChI=1S/C14H19N3O2S2/c1-14(2,3)6-7-17-12(10-5-4-8-20-10)15-16-13(17)21-9-11(18)19/h4-5,8H,6-7,9H2,1-3H3,(H,18,19). The molecule has 0 aliphatic heterocycles. The SMILES string of the molecule is CC(C)(C)CCn1c(SCC(=O)O)nnc1-c1cccs1. The van der Waals surface area contributed by atoms with Gasteiger partial charge < -0.3 is 9.67 Å². The van der Waals surface area contributed by atoms with Gasteiger partial charge in [0.2, 0.25) is 0 Å². The van der Waals surface area contributed by atoms with E-state index in [1.165, 1.54) is 11.8 Å². The highest BCUT2D eigenvalue weighted by Crippen LogP contribution is 2.29. The lowest BCUT2D eigenvalue weighted by atomic mass is 9.92. The molecule has 1 N–H and O–H groups in total. The number of thiophene rings is 1. The molecule has 2 aromatic heterocycles. The van der Waals surface area contributed by atoms with E-state index in [1.54, 1.807) is 11.3 Å². The highest BCUT2D eigenvalue weighted by molar-refractivity contribution is 7.99. The molecule has 0 aromatic carbocycles. The molecule has 21 heavy (non-hydrogen) atoms. The third-order valence-electron chi connectivity index (χ3n) is 2.87. The van der Waals surface area contributed by atoms with E-state index in [0.29, 0.717) is 5.16 Å².